The standard InChI is InChI=1S/C15H16N2O/c1-2-9-17-10-13(15(18)16-11-7-8-11)12-5-3-4-6-14(12)17/h2-6,10-11H,1,7-9H2,(H,16,18). The summed E-state index contributed by atoms with van der Waals surface area (Å²) in [5.41, 5.74) is 1.85. The summed E-state index contributed by atoms with van der Waals surface area (Å²) in [5.74, 6) is 0.0384. The van der Waals surface area contributed by atoms with E-state index in [0.717, 1.165) is 35.9 Å². The lowest BCUT2D eigenvalue weighted by Crippen LogP contribution is -2.25. The predicted molar refractivity (Wildman–Crippen MR) is 72.6 cm³/mol. The van der Waals surface area contributed by atoms with Gasteiger partial charge in [-0.1, -0.05) is 24.3 Å². The van der Waals surface area contributed by atoms with E-state index < -0.39 is 0 Å². The van der Waals surface area contributed by atoms with Crippen LogP contribution >= 0.6 is 0 Å². The molecule has 0 aliphatic heterocycles. The van der Waals surface area contributed by atoms with Gasteiger partial charge < -0.3 is 9.88 Å². The molecule has 0 spiro atoms. The zero-order valence-electron chi connectivity index (χ0n) is 10.2. The number of carbonyl (C=O) groups excluding carboxylic acids is 1. The van der Waals surface area contributed by atoms with Crippen LogP contribution in [0.25, 0.3) is 10.9 Å². The highest BCUT2D eigenvalue weighted by Gasteiger charge is 2.25. The Morgan fingerprint density at radius 3 is 2.94 bits per heavy atom. The molecule has 1 aliphatic carbocycles. The number of amides is 1. The fourth-order valence-electron chi connectivity index (χ4n) is 2.21. The number of fused-ring (bicyclic) bond motifs is 1. The Bertz CT molecular complexity index is 608. The Balaban J connectivity index is 2.04. The van der Waals surface area contributed by atoms with Gasteiger partial charge in [-0.05, 0) is 18.9 Å². The quantitative estimate of drug-likeness (QED) is 0.819. The van der Waals surface area contributed by atoms with E-state index in [1.165, 1.54) is 0 Å². The van der Waals surface area contributed by atoms with Crippen LogP contribution in [0.5, 0.6) is 0 Å². The van der Waals surface area contributed by atoms with Crippen LogP contribution in [0.15, 0.2) is 43.1 Å². The molecule has 1 saturated carbocycles. The molecule has 3 rings (SSSR count). The summed E-state index contributed by atoms with van der Waals surface area (Å²) in [6.45, 7) is 4.47. The Hall–Kier alpha value is -2.03. The molecule has 1 aromatic carbocycles. The van der Waals surface area contributed by atoms with Crippen molar-refractivity contribution in [2.75, 3.05) is 0 Å². The van der Waals surface area contributed by atoms with Crippen molar-refractivity contribution < 1.29 is 4.79 Å². The summed E-state index contributed by atoms with van der Waals surface area (Å²) in [4.78, 5) is 12.2. The number of hydrogen-bond donors (Lipinski definition) is 1. The molecule has 0 bridgehead atoms. The van der Waals surface area contributed by atoms with Crippen molar-refractivity contribution in [1.29, 1.82) is 0 Å². The minimum absolute atomic E-state index is 0.0384. The summed E-state index contributed by atoms with van der Waals surface area (Å²) < 4.78 is 2.06. The Morgan fingerprint density at radius 1 is 1.44 bits per heavy atom. The van der Waals surface area contributed by atoms with Gasteiger partial charge in [-0.15, -0.1) is 6.58 Å². The summed E-state index contributed by atoms with van der Waals surface area (Å²) in [6.07, 6.45) is 5.98. The van der Waals surface area contributed by atoms with E-state index in [0.29, 0.717) is 6.04 Å². The van der Waals surface area contributed by atoms with Crippen LogP contribution in [0.4, 0.5) is 0 Å². The minimum Gasteiger partial charge on any atom is -0.349 e. The molecule has 3 heteroatoms. The highest BCUT2D eigenvalue weighted by molar-refractivity contribution is 6.07. The number of para-hydroxylation sites is 1. The van der Waals surface area contributed by atoms with Gasteiger partial charge in [0.1, 0.15) is 0 Å². The molecule has 1 heterocycles. The van der Waals surface area contributed by atoms with Gasteiger partial charge in [-0.25, -0.2) is 0 Å². The van der Waals surface area contributed by atoms with Crippen LogP contribution in [0.3, 0.4) is 0 Å². The Kier molecular flexibility index (Phi) is 2.67. The molecular weight excluding hydrogens is 224 g/mol. The molecule has 2 aromatic rings. The molecule has 3 nitrogen and oxygen atoms in total. The van der Waals surface area contributed by atoms with Crippen LogP contribution < -0.4 is 5.32 Å². The summed E-state index contributed by atoms with van der Waals surface area (Å²) in [7, 11) is 0. The van der Waals surface area contributed by atoms with E-state index in [4.69, 9.17) is 0 Å². The number of hydrogen-bond acceptors (Lipinski definition) is 1. The largest absolute Gasteiger partial charge is 0.349 e. The van der Waals surface area contributed by atoms with E-state index in [9.17, 15) is 4.79 Å². The number of rotatable bonds is 4. The fraction of sp³-hybridized carbons (Fsp3) is 0.267. The number of allylic oxidation sites excluding steroid dienone is 1. The number of nitrogens with zero attached hydrogens (tertiary/aromatic N) is 1. The van der Waals surface area contributed by atoms with E-state index in [2.05, 4.69) is 16.5 Å². The van der Waals surface area contributed by atoms with Gasteiger partial charge in [0.15, 0.2) is 0 Å². The second-order valence-corrected chi connectivity index (χ2v) is 4.75. The first-order chi connectivity index (χ1) is 8.79. The monoisotopic (exact) mass is 240 g/mol. The molecule has 0 saturated heterocycles. The maximum atomic E-state index is 12.2. The van der Waals surface area contributed by atoms with Crippen molar-refractivity contribution in [3.63, 3.8) is 0 Å². The van der Waals surface area contributed by atoms with Gasteiger partial charge >= 0.3 is 0 Å². The molecule has 18 heavy (non-hydrogen) atoms. The third-order valence-corrected chi connectivity index (χ3v) is 3.27. The first-order valence-electron chi connectivity index (χ1n) is 6.29. The van der Waals surface area contributed by atoms with Crippen LogP contribution in [0.1, 0.15) is 23.2 Å². The van der Waals surface area contributed by atoms with Crippen molar-refractivity contribution in [3.8, 4) is 0 Å². The van der Waals surface area contributed by atoms with Crippen LogP contribution in [-0.4, -0.2) is 16.5 Å². The molecule has 1 aromatic heterocycles. The van der Waals surface area contributed by atoms with Crippen LogP contribution in [0, 0.1) is 0 Å². The molecule has 1 N–H and O–H groups in total. The zero-order valence-corrected chi connectivity index (χ0v) is 10.2. The summed E-state index contributed by atoms with van der Waals surface area (Å²) in [5, 5.41) is 4.05. The van der Waals surface area contributed by atoms with Gasteiger partial charge in [0.2, 0.25) is 0 Å². The maximum Gasteiger partial charge on any atom is 0.253 e. The molecule has 0 atom stereocenters. The molecule has 0 unspecified atom stereocenters. The summed E-state index contributed by atoms with van der Waals surface area (Å²) >= 11 is 0. The SMILES string of the molecule is C=CCn1cc(C(=O)NC2CC2)c2ccccc21. The van der Waals surface area contributed by atoms with Gasteiger partial charge in [0.05, 0.1) is 5.56 Å². The lowest BCUT2D eigenvalue weighted by Gasteiger charge is -2.00. The smallest absolute Gasteiger partial charge is 0.253 e. The maximum absolute atomic E-state index is 12.2. The van der Waals surface area contributed by atoms with Gasteiger partial charge in [-0.3, -0.25) is 4.79 Å². The van der Waals surface area contributed by atoms with Crippen molar-refractivity contribution in [2.45, 2.75) is 25.4 Å². The number of benzene rings is 1. The molecule has 92 valence electrons. The average Bonchev–Trinajstić information content (AvgIpc) is 3.11. The van der Waals surface area contributed by atoms with E-state index in [1.54, 1.807) is 0 Å². The molecule has 1 amide bonds. The first-order valence-corrected chi connectivity index (χ1v) is 6.29. The highest BCUT2D eigenvalue weighted by atomic mass is 16.1. The third-order valence-electron chi connectivity index (χ3n) is 3.27. The normalized spacial score (nSPS) is 14.7. The fourth-order valence-corrected chi connectivity index (χ4v) is 2.21. The molecule has 1 aliphatic rings. The van der Waals surface area contributed by atoms with Gasteiger partial charge in [0.25, 0.3) is 5.91 Å². The van der Waals surface area contributed by atoms with Gasteiger partial charge in [-0.2, -0.15) is 0 Å². The van der Waals surface area contributed by atoms with E-state index in [1.807, 2.05) is 36.5 Å². The number of aromatic nitrogens is 1. The van der Waals surface area contributed by atoms with Crippen LogP contribution in [-0.2, 0) is 6.54 Å². The van der Waals surface area contributed by atoms with Crippen molar-refractivity contribution in [1.82, 2.24) is 9.88 Å². The van der Waals surface area contributed by atoms with Crippen molar-refractivity contribution in [2.24, 2.45) is 0 Å². The van der Waals surface area contributed by atoms with Gasteiger partial charge in [0, 0.05) is 29.7 Å². The van der Waals surface area contributed by atoms with Crippen molar-refractivity contribution >= 4 is 16.8 Å². The summed E-state index contributed by atoms with van der Waals surface area (Å²) in [6, 6.07) is 8.38. The van der Waals surface area contributed by atoms with E-state index in [-0.39, 0.29) is 5.91 Å². The lowest BCUT2D eigenvalue weighted by atomic mass is 10.1. The van der Waals surface area contributed by atoms with Crippen LogP contribution in [0.2, 0.25) is 0 Å². The topological polar surface area (TPSA) is 34.0 Å². The Morgan fingerprint density at radius 2 is 2.22 bits per heavy atom. The minimum atomic E-state index is 0.0384. The second-order valence-electron chi connectivity index (χ2n) is 4.75. The first kappa shape index (κ1) is 11.1. The second kappa shape index (κ2) is 4.33. The lowest BCUT2D eigenvalue weighted by molar-refractivity contribution is 0.0952. The molecule has 1 fully saturated rings. The van der Waals surface area contributed by atoms with E-state index >= 15 is 0 Å². The average molecular weight is 240 g/mol. The molecule has 0 radical (unpaired) electrons. The van der Waals surface area contributed by atoms with Crippen molar-refractivity contribution in [3.05, 3.63) is 48.7 Å². The number of nitrogens with one attached hydrogen (secondary N) is 1. The Labute approximate surface area is 106 Å². The molecular formula is C15H16N2O. The number of carbonyl (C=O) groups is 1. The predicted octanol–water partition coefficient (Wildman–Crippen LogP) is 2.72. The third kappa shape index (κ3) is 1.92. The highest BCUT2D eigenvalue weighted by Crippen LogP contribution is 2.24. The zero-order chi connectivity index (χ0) is 12.5.